The van der Waals surface area contributed by atoms with E-state index in [0.717, 1.165) is 19.6 Å². The Morgan fingerprint density at radius 1 is 1.69 bits per heavy atom. The van der Waals surface area contributed by atoms with E-state index in [1.54, 1.807) is 6.20 Å². The number of rotatable bonds is 2. The van der Waals surface area contributed by atoms with Gasteiger partial charge in [0, 0.05) is 6.54 Å². The third-order valence-corrected chi connectivity index (χ3v) is 2.40. The Kier molecular flexibility index (Phi) is 2.44. The summed E-state index contributed by atoms with van der Waals surface area (Å²) in [5.41, 5.74) is 5.47. The summed E-state index contributed by atoms with van der Waals surface area (Å²) in [6, 6.07) is 0. The number of anilines is 1. The molecule has 5 heteroatoms. The van der Waals surface area contributed by atoms with Gasteiger partial charge >= 0.3 is 0 Å². The number of nitrogens with zero attached hydrogens (tertiary/aromatic N) is 3. The second-order valence-corrected chi connectivity index (χ2v) is 3.58. The summed E-state index contributed by atoms with van der Waals surface area (Å²) in [5, 5.41) is 11.0. The molecule has 0 amide bonds. The summed E-state index contributed by atoms with van der Waals surface area (Å²) in [4.78, 5) is 0. The van der Waals surface area contributed by atoms with Gasteiger partial charge in [0.1, 0.15) is 0 Å². The van der Waals surface area contributed by atoms with Gasteiger partial charge in [0.2, 0.25) is 0 Å². The van der Waals surface area contributed by atoms with Crippen molar-refractivity contribution in [3.8, 4) is 0 Å². The molecule has 0 aliphatic carbocycles. The van der Waals surface area contributed by atoms with Crippen molar-refractivity contribution in [2.24, 2.45) is 5.92 Å². The topological polar surface area (TPSA) is 68.8 Å². The van der Waals surface area contributed by atoms with Crippen LogP contribution >= 0.6 is 0 Å². The number of hydrogen-bond donors (Lipinski definition) is 2. The van der Waals surface area contributed by atoms with Gasteiger partial charge in [-0.2, -0.15) is 0 Å². The smallest absolute Gasteiger partial charge is 0.165 e. The third-order valence-electron chi connectivity index (χ3n) is 2.40. The molecular weight excluding hydrogens is 166 g/mol. The second-order valence-electron chi connectivity index (χ2n) is 3.58. The van der Waals surface area contributed by atoms with E-state index in [-0.39, 0.29) is 0 Å². The maximum absolute atomic E-state index is 5.47. The highest BCUT2D eigenvalue weighted by Crippen LogP contribution is 2.11. The molecule has 1 aliphatic heterocycles. The predicted molar refractivity (Wildman–Crippen MR) is 50.0 cm³/mol. The number of hydrogen-bond acceptors (Lipinski definition) is 4. The molecule has 1 fully saturated rings. The first-order valence-corrected chi connectivity index (χ1v) is 4.71. The molecule has 13 heavy (non-hydrogen) atoms. The minimum absolute atomic E-state index is 0.503. The Labute approximate surface area is 77.3 Å². The Bertz CT molecular complexity index is 263. The lowest BCUT2D eigenvalue weighted by atomic mass is 10.00. The van der Waals surface area contributed by atoms with E-state index >= 15 is 0 Å². The molecule has 2 heterocycles. The number of nitrogens with one attached hydrogen (secondary N) is 1. The van der Waals surface area contributed by atoms with Gasteiger partial charge in [0.05, 0.1) is 6.20 Å². The van der Waals surface area contributed by atoms with Gasteiger partial charge in [-0.25, -0.2) is 0 Å². The van der Waals surface area contributed by atoms with Crippen LogP contribution in [-0.2, 0) is 6.54 Å². The van der Waals surface area contributed by atoms with Gasteiger partial charge in [-0.15, -0.1) is 5.10 Å². The van der Waals surface area contributed by atoms with Crippen LogP contribution in [0.1, 0.15) is 12.8 Å². The molecule has 1 unspecified atom stereocenters. The van der Waals surface area contributed by atoms with Gasteiger partial charge in [0.25, 0.3) is 0 Å². The monoisotopic (exact) mass is 181 g/mol. The fourth-order valence-electron chi connectivity index (χ4n) is 1.75. The highest BCUT2D eigenvalue weighted by Gasteiger charge is 2.13. The normalized spacial score (nSPS) is 23.2. The maximum Gasteiger partial charge on any atom is 0.165 e. The van der Waals surface area contributed by atoms with Crippen molar-refractivity contribution in [2.45, 2.75) is 19.4 Å². The van der Waals surface area contributed by atoms with Crippen molar-refractivity contribution < 1.29 is 0 Å². The fraction of sp³-hybridized carbons (Fsp3) is 0.750. The molecule has 0 bridgehead atoms. The van der Waals surface area contributed by atoms with Crippen LogP contribution in [0.5, 0.6) is 0 Å². The molecule has 72 valence electrons. The summed E-state index contributed by atoms with van der Waals surface area (Å²) in [5.74, 6) is 1.18. The number of nitrogen functional groups attached to an aromatic ring is 1. The van der Waals surface area contributed by atoms with E-state index in [4.69, 9.17) is 5.73 Å². The molecular formula is C8H15N5. The average Bonchev–Trinajstić information content (AvgIpc) is 2.53. The molecule has 1 atom stereocenters. The zero-order valence-corrected chi connectivity index (χ0v) is 7.61. The molecule has 1 saturated heterocycles. The van der Waals surface area contributed by atoms with Gasteiger partial charge in [0.15, 0.2) is 5.82 Å². The standard InChI is InChI=1S/C8H15N5/c9-8-6-13(12-11-8)5-7-2-1-3-10-4-7/h6-7,10H,1-5,9H2. The highest BCUT2D eigenvalue weighted by molar-refractivity contribution is 5.19. The molecule has 1 aliphatic rings. The van der Waals surface area contributed by atoms with Crippen LogP contribution in [0.4, 0.5) is 5.82 Å². The van der Waals surface area contributed by atoms with Crippen LogP contribution in [0.25, 0.3) is 0 Å². The lowest BCUT2D eigenvalue weighted by Crippen LogP contribution is -2.32. The minimum Gasteiger partial charge on any atom is -0.381 e. The Hall–Kier alpha value is -1.10. The van der Waals surface area contributed by atoms with Crippen molar-refractivity contribution >= 4 is 5.82 Å². The lowest BCUT2D eigenvalue weighted by molar-refractivity contribution is 0.322. The third kappa shape index (κ3) is 2.18. The van der Waals surface area contributed by atoms with Crippen molar-refractivity contribution in [2.75, 3.05) is 18.8 Å². The first-order chi connectivity index (χ1) is 6.34. The fourth-order valence-corrected chi connectivity index (χ4v) is 1.75. The van der Waals surface area contributed by atoms with Crippen molar-refractivity contribution in [3.63, 3.8) is 0 Å². The molecule has 2 rings (SSSR count). The van der Waals surface area contributed by atoms with Gasteiger partial charge in [-0.05, 0) is 31.8 Å². The molecule has 0 spiro atoms. The minimum atomic E-state index is 0.503. The van der Waals surface area contributed by atoms with Crippen molar-refractivity contribution in [3.05, 3.63) is 6.20 Å². The van der Waals surface area contributed by atoms with Gasteiger partial charge in [-0.3, -0.25) is 4.68 Å². The predicted octanol–water partition coefficient (Wildman–Crippen LogP) is -0.140. The molecule has 1 aromatic heterocycles. The summed E-state index contributed by atoms with van der Waals surface area (Å²) in [6.45, 7) is 3.16. The van der Waals surface area contributed by atoms with Crippen LogP contribution in [0, 0.1) is 5.92 Å². The van der Waals surface area contributed by atoms with E-state index in [9.17, 15) is 0 Å². The zero-order valence-electron chi connectivity index (χ0n) is 7.61. The van der Waals surface area contributed by atoms with Gasteiger partial charge in [-0.1, -0.05) is 5.21 Å². The van der Waals surface area contributed by atoms with E-state index in [1.165, 1.54) is 12.8 Å². The maximum atomic E-state index is 5.47. The van der Waals surface area contributed by atoms with E-state index in [1.807, 2.05) is 4.68 Å². The quantitative estimate of drug-likeness (QED) is 0.666. The highest BCUT2D eigenvalue weighted by atomic mass is 15.4. The van der Waals surface area contributed by atoms with Crippen molar-refractivity contribution in [1.82, 2.24) is 20.3 Å². The first-order valence-electron chi connectivity index (χ1n) is 4.71. The summed E-state index contributed by atoms with van der Waals surface area (Å²) < 4.78 is 1.83. The Balaban J connectivity index is 1.89. The molecule has 1 aromatic rings. The van der Waals surface area contributed by atoms with Crippen LogP contribution in [0.2, 0.25) is 0 Å². The Morgan fingerprint density at radius 3 is 3.23 bits per heavy atom. The lowest BCUT2D eigenvalue weighted by Gasteiger charge is -2.22. The molecule has 3 N–H and O–H groups in total. The van der Waals surface area contributed by atoms with Crippen LogP contribution in [0.15, 0.2) is 6.20 Å². The largest absolute Gasteiger partial charge is 0.381 e. The molecule has 0 saturated carbocycles. The number of piperidine rings is 1. The molecule has 5 nitrogen and oxygen atoms in total. The summed E-state index contributed by atoms with van der Waals surface area (Å²) >= 11 is 0. The van der Waals surface area contributed by atoms with Crippen LogP contribution in [0.3, 0.4) is 0 Å². The number of aromatic nitrogens is 3. The van der Waals surface area contributed by atoms with E-state index < -0.39 is 0 Å². The summed E-state index contributed by atoms with van der Waals surface area (Å²) in [6.07, 6.45) is 4.32. The van der Waals surface area contributed by atoms with Crippen molar-refractivity contribution in [1.29, 1.82) is 0 Å². The second kappa shape index (κ2) is 3.74. The Morgan fingerprint density at radius 2 is 2.62 bits per heavy atom. The first kappa shape index (κ1) is 8.50. The number of nitrogens with two attached hydrogens (primary N) is 1. The SMILES string of the molecule is Nc1cn(CC2CCCNC2)nn1. The van der Waals surface area contributed by atoms with Crippen LogP contribution in [-0.4, -0.2) is 28.1 Å². The summed E-state index contributed by atoms with van der Waals surface area (Å²) in [7, 11) is 0. The van der Waals surface area contributed by atoms with Gasteiger partial charge < -0.3 is 11.1 Å². The zero-order chi connectivity index (χ0) is 9.10. The van der Waals surface area contributed by atoms with E-state index in [2.05, 4.69) is 15.6 Å². The van der Waals surface area contributed by atoms with E-state index in [0.29, 0.717) is 11.7 Å². The van der Waals surface area contributed by atoms with Crippen LogP contribution < -0.4 is 11.1 Å². The molecule has 0 radical (unpaired) electrons. The molecule has 0 aromatic carbocycles. The average molecular weight is 181 g/mol.